The van der Waals surface area contributed by atoms with Gasteiger partial charge in [0.2, 0.25) is 0 Å². The lowest BCUT2D eigenvalue weighted by atomic mass is 10.2. The predicted octanol–water partition coefficient (Wildman–Crippen LogP) is 2.23. The number of nitrogens with one attached hydrogen (secondary N) is 2. The van der Waals surface area contributed by atoms with Crippen LogP contribution in [0.15, 0.2) is 34.6 Å². The largest absolute Gasteiger partial charge is 0.350 e. The summed E-state index contributed by atoms with van der Waals surface area (Å²) in [7, 11) is 1.58. The van der Waals surface area contributed by atoms with Crippen molar-refractivity contribution in [1.29, 1.82) is 0 Å². The Hall–Kier alpha value is -1.91. The second kappa shape index (κ2) is 5.85. The van der Waals surface area contributed by atoms with Crippen LogP contribution in [0.25, 0.3) is 0 Å². The SMILES string of the molecule is CN=NNc1ccc(C(=O)NC(C)C)cc1. The molecule has 2 N–H and O–H groups in total. The van der Waals surface area contributed by atoms with Crippen LogP contribution in [0.2, 0.25) is 0 Å². The summed E-state index contributed by atoms with van der Waals surface area (Å²) in [6.45, 7) is 3.85. The molecule has 1 rings (SSSR count). The van der Waals surface area contributed by atoms with E-state index in [1.54, 1.807) is 31.3 Å². The van der Waals surface area contributed by atoms with E-state index in [0.717, 1.165) is 5.69 Å². The molecule has 0 aliphatic rings. The van der Waals surface area contributed by atoms with Gasteiger partial charge in [-0.25, -0.2) is 0 Å². The molecule has 0 saturated carbocycles. The first kappa shape index (κ1) is 12.2. The summed E-state index contributed by atoms with van der Waals surface area (Å²) < 4.78 is 0. The number of benzene rings is 1. The minimum Gasteiger partial charge on any atom is -0.350 e. The highest BCUT2D eigenvalue weighted by molar-refractivity contribution is 5.94. The summed E-state index contributed by atoms with van der Waals surface area (Å²) in [5.41, 5.74) is 4.16. The molecule has 16 heavy (non-hydrogen) atoms. The number of nitrogens with zero attached hydrogens (tertiary/aromatic N) is 2. The van der Waals surface area contributed by atoms with E-state index in [1.807, 2.05) is 13.8 Å². The number of rotatable bonds is 4. The Kier molecular flexibility index (Phi) is 4.44. The normalized spacial score (nSPS) is 10.8. The Morgan fingerprint density at radius 1 is 1.25 bits per heavy atom. The highest BCUT2D eigenvalue weighted by atomic mass is 16.1. The number of hydrogen-bond donors (Lipinski definition) is 2. The molecule has 1 amide bonds. The van der Waals surface area contributed by atoms with Gasteiger partial charge in [0, 0.05) is 11.6 Å². The summed E-state index contributed by atoms with van der Waals surface area (Å²) >= 11 is 0. The predicted molar refractivity (Wildman–Crippen MR) is 63.4 cm³/mol. The lowest BCUT2D eigenvalue weighted by Gasteiger charge is -2.08. The van der Waals surface area contributed by atoms with Gasteiger partial charge < -0.3 is 5.32 Å². The van der Waals surface area contributed by atoms with E-state index in [-0.39, 0.29) is 11.9 Å². The van der Waals surface area contributed by atoms with Crippen molar-refractivity contribution in [3.05, 3.63) is 29.8 Å². The van der Waals surface area contributed by atoms with Crippen LogP contribution < -0.4 is 10.7 Å². The van der Waals surface area contributed by atoms with Crippen molar-refractivity contribution >= 4 is 11.6 Å². The Morgan fingerprint density at radius 3 is 2.38 bits per heavy atom. The van der Waals surface area contributed by atoms with Crippen molar-refractivity contribution in [2.45, 2.75) is 19.9 Å². The summed E-state index contributed by atoms with van der Waals surface area (Å²) in [6, 6.07) is 7.18. The summed E-state index contributed by atoms with van der Waals surface area (Å²) in [4.78, 5) is 11.6. The molecule has 5 nitrogen and oxygen atoms in total. The number of amides is 1. The lowest BCUT2D eigenvalue weighted by molar-refractivity contribution is 0.0943. The molecule has 0 aromatic heterocycles. The van der Waals surface area contributed by atoms with Crippen molar-refractivity contribution in [2.75, 3.05) is 12.5 Å². The smallest absolute Gasteiger partial charge is 0.251 e. The molecular weight excluding hydrogens is 204 g/mol. The van der Waals surface area contributed by atoms with Crippen LogP contribution in [0, 0.1) is 0 Å². The van der Waals surface area contributed by atoms with Gasteiger partial charge in [0.25, 0.3) is 5.91 Å². The zero-order valence-electron chi connectivity index (χ0n) is 9.69. The van der Waals surface area contributed by atoms with Crippen molar-refractivity contribution in [1.82, 2.24) is 5.32 Å². The molecule has 0 spiro atoms. The van der Waals surface area contributed by atoms with Crippen LogP contribution in [-0.4, -0.2) is 19.0 Å². The van der Waals surface area contributed by atoms with Crippen molar-refractivity contribution in [2.24, 2.45) is 10.3 Å². The summed E-state index contributed by atoms with van der Waals surface area (Å²) in [5, 5.41) is 10.0. The van der Waals surface area contributed by atoms with E-state index in [9.17, 15) is 4.79 Å². The van der Waals surface area contributed by atoms with Gasteiger partial charge >= 0.3 is 0 Å². The maximum atomic E-state index is 11.6. The summed E-state index contributed by atoms with van der Waals surface area (Å²) in [6.07, 6.45) is 0. The first-order valence-corrected chi connectivity index (χ1v) is 5.09. The van der Waals surface area contributed by atoms with Gasteiger partial charge in [0.05, 0.1) is 12.7 Å². The van der Waals surface area contributed by atoms with E-state index < -0.39 is 0 Å². The second-order valence-corrected chi connectivity index (χ2v) is 3.62. The van der Waals surface area contributed by atoms with Gasteiger partial charge in [-0.3, -0.25) is 10.2 Å². The molecular formula is C11H16N4O. The van der Waals surface area contributed by atoms with Crippen LogP contribution >= 0.6 is 0 Å². The van der Waals surface area contributed by atoms with E-state index in [0.29, 0.717) is 5.56 Å². The molecule has 86 valence electrons. The number of carbonyl (C=O) groups excluding carboxylic acids is 1. The Labute approximate surface area is 94.9 Å². The third-order valence-corrected chi connectivity index (χ3v) is 1.85. The minimum atomic E-state index is -0.0707. The van der Waals surface area contributed by atoms with Gasteiger partial charge in [-0.15, -0.1) is 0 Å². The molecule has 0 aliphatic carbocycles. The van der Waals surface area contributed by atoms with Crippen LogP contribution in [-0.2, 0) is 0 Å². The molecule has 0 atom stereocenters. The van der Waals surface area contributed by atoms with Crippen LogP contribution in [0.3, 0.4) is 0 Å². The van der Waals surface area contributed by atoms with Crippen molar-refractivity contribution < 1.29 is 4.79 Å². The molecule has 0 saturated heterocycles. The minimum absolute atomic E-state index is 0.0707. The Morgan fingerprint density at radius 2 is 1.88 bits per heavy atom. The highest BCUT2D eigenvalue weighted by Gasteiger charge is 2.05. The number of carbonyl (C=O) groups is 1. The Balaban J connectivity index is 2.67. The lowest BCUT2D eigenvalue weighted by Crippen LogP contribution is -2.29. The number of hydrogen-bond acceptors (Lipinski definition) is 3. The van der Waals surface area contributed by atoms with Crippen LogP contribution in [0.4, 0.5) is 5.69 Å². The van der Waals surface area contributed by atoms with Gasteiger partial charge in [-0.2, -0.15) is 5.11 Å². The van der Waals surface area contributed by atoms with E-state index in [1.165, 1.54) is 0 Å². The van der Waals surface area contributed by atoms with E-state index in [2.05, 4.69) is 21.1 Å². The van der Waals surface area contributed by atoms with Crippen molar-refractivity contribution in [3.8, 4) is 0 Å². The zero-order valence-corrected chi connectivity index (χ0v) is 9.69. The fourth-order valence-corrected chi connectivity index (χ4v) is 1.15. The molecule has 5 heteroatoms. The van der Waals surface area contributed by atoms with Gasteiger partial charge in [-0.05, 0) is 38.1 Å². The third-order valence-electron chi connectivity index (χ3n) is 1.85. The quantitative estimate of drug-likeness (QED) is 0.603. The standard InChI is InChI=1S/C11H16N4O/c1-8(2)13-11(16)9-4-6-10(7-5-9)14-15-12-3/h4-8H,1-3H3,(H,12,14)(H,13,16). The van der Waals surface area contributed by atoms with Gasteiger partial charge in [0.15, 0.2) is 0 Å². The maximum Gasteiger partial charge on any atom is 0.251 e. The topological polar surface area (TPSA) is 65.8 Å². The van der Waals surface area contributed by atoms with Gasteiger partial charge in [-0.1, -0.05) is 5.22 Å². The van der Waals surface area contributed by atoms with Crippen LogP contribution in [0.1, 0.15) is 24.2 Å². The molecule has 0 unspecified atom stereocenters. The average molecular weight is 220 g/mol. The maximum absolute atomic E-state index is 11.6. The third kappa shape index (κ3) is 3.68. The van der Waals surface area contributed by atoms with Crippen molar-refractivity contribution in [3.63, 3.8) is 0 Å². The first-order chi connectivity index (χ1) is 7.63. The van der Waals surface area contributed by atoms with Crippen LogP contribution in [0.5, 0.6) is 0 Å². The molecule has 0 bridgehead atoms. The molecule has 0 aliphatic heterocycles. The second-order valence-electron chi connectivity index (χ2n) is 3.62. The average Bonchev–Trinajstić information content (AvgIpc) is 2.26. The first-order valence-electron chi connectivity index (χ1n) is 5.09. The number of anilines is 1. The summed E-state index contributed by atoms with van der Waals surface area (Å²) in [5.74, 6) is -0.0707. The van der Waals surface area contributed by atoms with E-state index in [4.69, 9.17) is 0 Å². The fraction of sp³-hybridized carbons (Fsp3) is 0.364. The molecule has 0 heterocycles. The molecule has 0 radical (unpaired) electrons. The zero-order chi connectivity index (χ0) is 12.0. The van der Waals surface area contributed by atoms with E-state index >= 15 is 0 Å². The Bertz CT molecular complexity index is 370. The molecule has 1 aromatic rings. The molecule has 0 fully saturated rings. The van der Waals surface area contributed by atoms with Gasteiger partial charge in [0.1, 0.15) is 0 Å². The highest BCUT2D eigenvalue weighted by Crippen LogP contribution is 2.09. The monoisotopic (exact) mass is 220 g/mol. The fourth-order valence-electron chi connectivity index (χ4n) is 1.15. The molecule has 1 aromatic carbocycles.